The average molecular weight is 520 g/mol. The van der Waals surface area contributed by atoms with Crippen LogP contribution in [0.5, 0.6) is 0 Å². The summed E-state index contributed by atoms with van der Waals surface area (Å²) in [7, 11) is 1.60. The number of ether oxygens (including phenoxy) is 2. The highest BCUT2D eigenvalue weighted by molar-refractivity contribution is 8.16. The Balaban J connectivity index is 1.65. The molecule has 1 amide bonds. The predicted molar refractivity (Wildman–Crippen MR) is 147 cm³/mol. The maximum atomic E-state index is 13.5. The summed E-state index contributed by atoms with van der Waals surface area (Å²) in [6, 6.07) is 17.5. The van der Waals surface area contributed by atoms with Crippen molar-refractivity contribution >= 4 is 28.8 Å². The molecule has 0 radical (unpaired) electrons. The van der Waals surface area contributed by atoms with Crippen LogP contribution >= 0.6 is 11.8 Å². The number of hydrogen-bond acceptors (Lipinski definition) is 7. The summed E-state index contributed by atoms with van der Waals surface area (Å²) < 4.78 is 10.8. The number of rotatable bonds is 10. The van der Waals surface area contributed by atoms with E-state index < -0.39 is 12.0 Å². The lowest BCUT2D eigenvalue weighted by atomic mass is 9.92. The zero-order valence-corrected chi connectivity index (χ0v) is 22.5. The van der Waals surface area contributed by atoms with Gasteiger partial charge in [-0.05, 0) is 34.9 Å². The number of allylic oxidation sites excluding steroid dienone is 1. The second-order valence-electron chi connectivity index (χ2n) is 9.30. The third kappa shape index (κ3) is 6.32. The molecule has 2 heterocycles. The van der Waals surface area contributed by atoms with E-state index in [9.17, 15) is 9.59 Å². The summed E-state index contributed by atoms with van der Waals surface area (Å²) in [4.78, 5) is 32.9. The fraction of sp³-hybridized carbons (Fsp3) is 0.345. The second kappa shape index (κ2) is 12.3. The van der Waals surface area contributed by atoms with Crippen molar-refractivity contribution in [1.29, 1.82) is 0 Å². The quantitative estimate of drug-likeness (QED) is 0.340. The molecule has 0 saturated carbocycles. The van der Waals surface area contributed by atoms with Gasteiger partial charge in [0.2, 0.25) is 5.91 Å². The number of thioether (sulfide) groups is 1. The molecule has 37 heavy (non-hydrogen) atoms. The molecule has 0 spiro atoms. The van der Waals surface area contributed by atoms with Crippen LogP contribution in [0.1, 0.15) is 55.8 Å². The van der Waals surface area contributed by atoms with Gasteiger partial charge >= 0.3 is 5.97 Å². The summed E-state index contributed by atoms with van der Waals surface area (Å²) in [6.45, 7) is 7.20. The molecule has 2 aromatic rings. The van der Waals surface area contributed by atoms with Gasteiger partial charge in [0.05, 0.1) is 30.3 Å². The van der Waals surface area contributed by atoms with Crippen LogP contribution in [0, 0.1) is 0 Å². The molecule has 0 aliphatic carbocycles. The van der Waals surface area contributed by atoms with Crippen molar-refractivity contribution in [3.05, 3.63) is 93.7 Å². The smallest absolute Gasteiger partial charge is 0.338 e. The zero-order valence-electron chi connectivity index (χ0n) is 21.7. The molecular formula is C29H33N3O4S. The van der Waals surface area contributed by atoms with Crippen LogP contribution in [0.3, 0.4) is 0 Å². The molecule has 7 nitrogen and oxygen atoms in total. The van der Waals surface area contributed by atoms with E-state index in [1.807, 2.05) is 47.6 Å². The van der Waals surface area contributed by atoms with Gasteiger partial charge in [-0.3, -0.25) is 4.79 Å². The van der Waals surface area contributed by atoms with Crippen molar-refractivity contribution in [1.82, 2.24) is 10.2 Å². The van der Waals surface area contributed by atoms with Gasteiger partial charge in [0.25, 0.3) is 0 Å². The second-order valence-corrected chi connectivity index (χ2v) is 10.1. The standard InChI is InChI=1S/C29H33N3O4S/c1-19(2)22-10-12-23(13-11-22)27-26(28(34)36-17-21-8-6-5-7-9-21)20(3)31-29-32(27)24(18-37-29)16-25(33)30-14-15-35-4/h5-13,18-19,27H,14-17H2,1-4H3,(H,30,33). The highest BCUT2D eigenvalue weighted by atomic mass is 32.2. The number of esters is 1. The van der Waals surface area contributed by atoms with Crippen molar-refractivity contribution in [2.75, 3.05) is 20.3 Å². The Labute approximate surface area is 222 Å². The first-order valence-corrected chi connectivity index (χ1v) is 13.3. The van der Waals surface area contributed by atoms with Gasteiger partial charge in [0, 0.05) is 19.4 Å². The van der Waals surface area contributed by atoms with Gasteiger partial charge in [-0.2, -0.15) is 0 Å². The number of benzene rings is 2. The van der Waals surface area contributed by atoms with E-state index in [1.54, 1.807) is 7.11 Å². The van der Waals surface area contributed by atoms with Crippen molar-refractivity contribution in [3.8, 4) is 0 Å². The Morgan fingerprint density at radius 3 is 2.51 bits per heavy atom. The van der Waals surface area contributed by atoms with Crippen molar-refractivity contribution < 1.29 is 19.1 Å². The fourth-order valence-electron chi connectivity index (χ4n) is 4.33. The first kappa shape index (κ1) is 26.7. The minimum atomic E-state index is -0.454. The molecule has 2 aliphatic rings. The normalized spacial score (nSPS) is 16.9. The predicted octanol–water partition coefficient (Wildman–Crippen LogP) is 5.28. The molecule has 1 atom stereocenters. The van der Waals surface area contributed by atoms with Crippen LogP contribution in [-0.2, 0) is 25.7 Å². The topological polar surface area (TPSA) is 80.2 Å². The number of fused-ring (bicyclic) bond motifs is 1. The van der Waals surface area contributed by atoms with Crippen molar-refractivity contribution in [2.24, 2.45) is 4.99 Å². The van der Waals surface area contributed by atoms with E-state index >= 15 is 0 Å². The third-order valence-corrected chi connectivity index (χ3v) is 7.21. The maximum absolute atomic E-state index is 13.5. The molecule has 1 unspecified atom stereocenters. The number of amidine groups is 1. The first-order valence-electron chi connectivity index (χ1n) is 12.4. The average Bonchev–Trinajstić information content (AvgIpc) is 3.29. The van der Waals surface area contributed by atoms with Gasteiger partial charge in [-0.15, -0.1) is 0 Å². The number of methoxy groups -OCH3 is 1. The fourth-order valence-corrected chi connectivity index (χ4v) is 5.29. The van der Waals surface area contributed by atoms with E-state index in [0.29, 0.717) is 30.3 Å². The Kier molecular flexibility index (Phi) is 8.84. The summed E-state index contributed by atoms with van der Waals surface area (Å²) >= 11 is 1.46. The van der Waals surface area contributed by atoms with E-state index in [4.69, 9.17) is 14.5 Å². The molecule has 0 bridgehead atoms. The number of carbonyl (C=O) groups is 2. The molecule has 0 aromatic heterocycles. The van der Waals surface area contributed by atoms with Crippen LogP contribution in [-0.4, -0.2) is 42.2 Å². The number of amides is 1. The first-order chi connectivity index (χ1) is 17.9. The molecule has 0 fully saturated rings. The van der Waals surface area contributed by atoms with Crippen molar-refractivity contribution in [2.45, 2.75) is 45.8 Å². The lowest BCUT2D eigenvalue weighted by molar-refractivity contribution is -0.141. The molecule has 194 valence electrons. The number of aliphatic imine (C=N–C) groups is 1. The van der Waals surface area contributed by atoms with E-state index in [1.165, 1.54) is 17.3 Å². The number of carbonyl (C=O) groups excluding carboxylic acids is 2. The Morgan fingerprint density at radius 2 is 1.84 bits per heavy atom. The van der Waals surface area contributed by atoms with E-state index in [0.717, 1.165) is 22.0 Å². The van der Waals surface area contributed by atoms with E-state index in [-0.39, 0.29) is 18.9 Å². The Hall–Kier alpha value is -3.36. The van der Waals surface area contributed by atoms with Gasteiger partial charge in [-0.25, -0.2) is 9.79 Å². The van der Waals surface area contributed by atoms with Crippen LogP contribution in [0.25, 0.3) is 0 Å². The van der Waals surface area contributed by atoms with Crippen LogP contribution in [0.2, 0.25) is 0 Å². The maximum Gasteiger partial charge on any atom is 0.338 e. The highest BCUT2D eigenvalue weighted by Gasteiger charge is 2.41. The van der Waals surface area contributed by atoms with Gasteiger partial charge in [-0.1, -0.05) is 80.2 Å². The summed E-state index contributed by atoms with van der Waals surface area (Å²) in [5, 5.41) is 5.56. The van der Waals surface area contributed by atoms with Crippen LogP contribution in [0.15, 0.2) is 82.0 Å². The molecular weight excluding hydrogens is 486 g/mol. The van der Waals surface area contributed by atoms with Gasteiger partial charge < -0.3 is 19.7 Å². The molecule has 8 heteroatoms. The molecule has 1 N–H and O–H groups in total. The summed E-state index contributed by atoms with van der Waals surface area (Å²) in [6.07, 6.45) is 0.168. The van der Waals surface area contributed by atoms with E-state index in [2.05, 4.69) is 43.4 Å². The highest BCUT2D eigenvalue weighted by Crippen LogP contribution is 2.45. The largest absolute Gasteiger partial charge is 0.457 e. The molecule has 4 rings (SSSR count). The molecule has 0 saturated heterocycles. The summed E-state index contributed by atoms with van der Waals surface area (Å²) in [5.41, 5.74) is 4.95. The SMILES string of the molecule is COCCNC(=O)CC1=CSC2=NC(C)=C(C(=O)OCc3ccccc3)C(c3ccc(C(C)C)cc3)N12. The third-order valence-electron chi connectivity index (χ3n) is 6.32. The van der Waals surface area contributed by atoms with Crippen LogP contribution in [0.4, 0.5) is 0 Å². The monoisotopic (exact) mass is 519 g/mol. The van der Waals surface area contributed by atoms with Gasteiger partial charge in [0.15, 0.2) is 5.17 Å². The number of nitrogens with zero attached hydrogens (tertiary/aromatic N) is 2. The molecule has 2 aromatic carbocycles. The Morgan fingerprint density at radius 1 is 1.11 bits per heavy atom. The van der Waals surface area contributed by atoms with Gasteiger partial charge in [0.1, 0.15) is 6.61 Å². The molecule has 2 aliphatic heterocycles. The number of nitrogens with one attached hydrogen (secondary N) is 1. The minimum Gasteiger partial charge on any atom is -0.457 e. The lowest BCUT2D eigenvalue weighted by Crippen LogP contribution is -2.38. The van der Waals surface area contributed by atoms with Crippen LogP contribution < -0.4 is 5.32 Å². The number of hydrogen-bond donors (Lipinski definition) is 1. The summed E-state index contributed by atoms with van der Waals surface area (Å²) in [5.74, 6) is -0.139. The van der Waals surface area contributed by atoms with Crippen molar-refractivity contribution in [3.63, 3.8) is 0 Å². The lowest BCUT2D eigenvalue weighted by Gasteiger charge is -2.36. The Bertz CT molecular complexity index is 1220. The minimum absolute atomic E-state index is 0.112. The zero-order chi connectivity index (χ0) is 26.4.